The molecule has 0 amide bonds. The fraction of sp³-hybridized carbons (Fsp3) is 0.286. The molecule has 7 heteroatoms. The van der Waals surface area contributed by atoms with Gasteiger partial charge in [-0.05, 0) is 70.7 Å². The number of fused-ring (bicyclic) bond motifs is 1. The van der Waals surface area contributed by atoms with Crippen molar-refractivity contribution in [2.24, 2.45) is 0 Å². The van der Waals surface area contributed by atoms with Gasteiger partial charge in [-0.15, -0.1) is 11.3 Å². The minimum atomic E-state index is -3.52. The maximum atomic E-state index is 12.4. The summed E-state index contributed by atoms with van der Waals surface area (Å²) in [5.74, 6) is 0. The maximum Gasteiger partial charge on any atom is 0.271 e. The van der Waals surface area contributed by atoms with Gasteiger partial charge >= 0.3 is 0 Å². The van der Waals surface area contributed by atoms with Gasteiger partial charge in [-0.25, -0.2) is 8.42 Å². The van der Waals surface area contributed by atoms with Crippen molar-refractivity contribution in [3.05, 3.63) is 44.7 Å². The van der Waals surface area contributed by atoms with Gasteiger partial charge in [0.05, 0.1) is 3.79 Å². The van der Waals surface area contributed by atoms with Gasteiger partial charge in [-0.3, -0.25) is 4.72 Å². The van der Waals surface area contributed by atoms with Crippen molar-refractivity contribution < 1.29 is 8.42 Å². The van der Waals surface area contributed by atoms with Crippen molar-refractivity contribution in [3.8, 4) is 0 Å². The summed E-state index contributed by atoms with van der Waals surface area (Å²) in [6.07, 6.45) is 0.986. The van der Waals surface area contributed by atoms with Crippen molar-refractivity contribution in [2.75, 3.05) is 11.3 Å². The van der Waals surface area contributed by atoms with Crippen LogP contribution in [0, 0.1) is 6.92 Å². The highest BCUT2D eigenvalue weighted by atomic mass is 79.9. The van der Waals surface area contributed by atoms with Gasteiger partial charge in [0.25, 0.3) is 10.0 Å². The van der Waals surface area contributed by atoms with E-state index in [-0.39, 0.29) is 0 Å². The van der Waals surface area contributed by atoms with Crippen molar-refractivity contribution in [3.63, 3.8) is 0 Å². The van der Waals surface area contributed by atoms with E-state index in [1.54, 1.807) is 6.07 Å². The van der Waals surface area contributed by atoms with Crippen LogP contribution < -0.4 is 10.0 Å². The molecule has 0 radical (unpaired) electrons. The monoisotopic (exact) mass is 386 g/mol. The number of halogens is 1. The molecule has 4 nitrogen and oxygen atoms in total. The number of anilines is 1. The topological polar surface area (TPSA) is 58.2 Å². The van der Waals surface area contributed by atoms with E-state index in [4.69, 9.17) is 0 Å². The molecule has 2 N–H and O–H groups in total. The molecule has 0 saturated heterocycles. The molecule has 2 aromatic rings. The third-order valence-corrected chi connectivity index (χ3v) is 7.44. The molecular weight excluding hydrogens is 372 g/mol. The van der Waals surface area contributed by atoms with Gasteiger partial charge in [0.15, 0.2) is 0 Å². The van der Waals surface area contributed by atoms with Gasteiger partial charge < -0.3 is 5.32 Å². The number of rotatable bonds is 3. The van der Waals surface area contributed by atoms with Crippen LogP contribution in [-0.2, 0) is 23.0 Å². The number of hydrogen-bond acceptors (Lipinski definition) is 4. The fourth-order valence-electron chi connectivity index (χ4n) is 2.31. The van der Waals surface area contributed by atoms with E-state index >= 15 is 0 Å². The van der Waals surface area contributed by atoms with E-state index in [2.05, 4.69) is 26.0 Å². The van der Waals surface area contributed by atoms with Crippen LogP contribution in [0.15, 0.2) is 32.3 Å². The summed E-state index contributed by atoms with van der Waals surface area (Å²) in [5, 5.41) is 3.29. The second-order valence-electron chi connectivity index (χ2n) is 5.04. The third-order valence-electron chi connectivity index (χ3n) is 3.44. The second kappa shape index (κ2) is 5.72. The highest BCUT2D eigenvalue weighted by molar-refractivity contribution is 9.11. The van der Waals surface area contributed by atoms with Crippen molar-refractivity contribution in [1.29, 1.82) is 0 Å². The van der Waals surface area contributed by atoms with Crippen LogP contribution in [0.3, 0.4) is 0 Å². The number of thiophene rings is 1. The van der Waals surface area contributed by atoms with E-state index in [1.807, 2.05) is 25.1 Å². The number of nitrogens with one attached hydrogen (secondary N) is 2. The number of sulfonamides is 1. The Morgan fingerprint density at radius 2 is 2.10 bits per heavy atom. The van der Waals surface area contributed by atoms with Crippen LogP contribution >= 0.6 is 27.3 Å². The summed E-state index contributed by atoms with van der Waals surface area (Å²) in [7, 11) is -3.52. The van der Waals surface area contributed by atoms with Crippen LogP contribution in [0.5, 0.6) is 0 Å². The molecule has 1 aliphatic heterocycles. The molecule has 0 unspecified atom stereocenters. The lowest BCUT2D eigenvalue weighted by molar-refractivity contribution is 0.603. The minimum absolute atomic E-state index is 0.322. The molecule has 2 heterocycles. The first-order valence-corrected chi connectivity index (χ1v) is 9.66. The molecular formula is C14H15BrN2O2S2. The summed E-state index contributed by atoms with van der Waals surface area (Å²) in [5.41, 5.74) is 3.98. The van der Waals surface area contributed by atoms with Crippen molar-refractivity contribution >= 4 is 43.0 Å². The lowest BCUT2D eigenvalue weighted by Crippen LogP contribution is -2.23. The Hall–Kier alpha value is -0.890. The highest BCUT2D eigenvalue weighted by Crippen LogP contribution is 2.32. The lowest BCUT2D eigenvalue weighted by atomic mass is 10.0. The number of aryl methyl sites for hydroxylation is 1. The van der Waals surface area contributed by atoms with E-state index in [9.17, 15) is 8.42 Å². The smallest absolute Gasteiger partial charge is 0.271 e. The van der Waals surface area contributed by atoms with Crippen LogP contribution in [0.4, 0.5) is 5.69 Å². The summed E-state index contributed by atoms with van der Waals surface area (Å²) in [4.78, 5) is 0. The van der Waals surface area contributed by atoms with Crippen LogP contribution in [-0.4, -0.2) is 15.0 Å². The average Bonchev–Trinajstić information content (AvgIpc) is 2.79. The van der Waals surface area contributed by atoms with Crippen LogP contribution in [0.25, 0.3) is 0 Å². The minimum Gasteiger partial charge on any atom is -0.312 e. The third kappa shape index (κ3) is 3.15. The average molecular weight is 387 g/mol. The molecule has 0 atom stereocenters. The predicted octanol–water partition coefficient (Wildman–Crippen LogP) is 3.27. The first kappa shape index (κ1) is 15.0. The van der Waals surface area contributed by atoms with Crippen LogP contribution in [0.1, 0.15) is 16.7 Å². The molecule has 1 aromatic heterocycles. The Balaban J connectivity index is 1.88. The summed E-state index contributed by atoms with van der Waals surface area (Å²) >= 11 is 4.58. The normalized spacial score (nSPS) is 14.8. The van der Waals surface area contributed by atoms with E-state index in [1.165, 1.54) is 16.9 Å². The van der Waals surface area contributed by atoms with Crippen molar-refractivity contribution in [1.82, 2.24) is 5.32 Å². The van der Waals surface area contributed by atoms with Crippen LogP contribution in [0.2, 0.25) is 0 Å². The standard InChI is InChI=1S/C14H15BrN2O2S2/c1-9-6-13(20-14(9)15)21(18,19)17-12-3-2-10-4-5-16-8-11(10)7-12/h2-3,6-7,16-17H,4-5,8H2,1H3. The van der Waals surface area contributed by atoms with E-state index < -0.39 is 10.0 Å². The number of hydrogen-bond donors (Lipinski definition) is 2. The van der Waals surface area contributed by atoms with Gasteiger partial charge in [-0.2, -0.15) is 0 Å². The molecule has 0 spiro atoms. The van der Waals surface area contributed by atoms with E-state index in [0.717, 1.165) is 34.4 Å². The molecule has 21 heavy (non-hydrogen) atoms. The zero-order valence-electron chi connectivity index (χ0n) is 11.4. The molecule has 1 aromatic carbocycles. The summed E-state index contributed by atoms with van der Waals surface area (Å²) < 4.78 is 28.6. The largest absolute Gasteiger partial charge is 0.312 e. The number of benzene rings is 1. The van der Waals surface area contributed by atoms with Gasteiger partial charge in [0.2, 0.25) is 0 Å². The molecule has 0 saturated carbocycles. The Kier molecular flexibility index (Phi) is 4.09. The molecule has 0 aliphatic carbocycles. The Labute approximate surface area is 136 Å². The molecule has 0 bridgehead atoms. The SMILES string of the molecule is Cc1cc(S(=O)(=O)Nc2ccc3c(c2)CNCC3)sc1Br. The first-order chi connectivity index (χ1) is 9.95. The highest BCUT2D eigenvalue weighted by Gasteiger charge is 2.19. The summed E-state index contributed by atoms with van der Waals surface area (Å²) in [6, 6.07) is 7.42. The van der Waals surface area contributed by atoms with E-state index in [0.29, 0.717) is 9.90 Å². The molecule has 1 aliphatic rings. The second-order valence-corrected chi connectivity index (χ2v) is 9.32. The molecule has 112 valence electrons. The Morgan fingerprint density at radius 3 is 2.81 bits per heavy atom. The van der Waals surface area contributed by atoms with Gasteiger partial charge in [0, 0.05) is 12.2 Å². The fourth-order valence-corrected chi connectivity index (χ4v) is 5.59. The Morgan fingerprint density at radius 1 is 1.29 bits per heavy atom. The maximum absolute atomic E-state index is 12.4. The summed E-state index contributed by atoms with van der Waals surface area (Å²) in [6.45, 7) is 3.64. The van der Waals surface area contributed by atoms with Gasteiger partial charge in [-0.1, -0.05) is 6.07 Å². The lowest BCUT2D eigenvalue weighted by Gasteiger charge is -2.18. The molecule has 3 rings (SSSR count). The Bertz CT molecular complexity index is 765. The predicted molar refractivity (Wildman–Crippen MR) is 89.4 cm³/mol. The first-order valence-electron chi connectivity index (χ1n) is 6.57. The van der Waals surface area contributed by atoms with Gasteiger partial charge in [0.1, 0.15) is 4.21 Å². The zero-order chi connectivity index (χ0) is 15.0. The molecule has 0 fully saturated rings. The van der Waals surface area contributed by atoms with Crippen molar-refractivity contribution in [2.45, 2.75) is 24.1 Å². The zero-order valence-corrected chi connectivity index (χ0v) is 14.7. The quantitative estimate of drug-likeness (QED) is 0.850.